The summed E-state index contributed by atoms with van der Waals surface area (Å²) in [5.41, 5.74) is 0. The highest BCUT2D eigenvalue weighted by Crippen LogP contribution is 2.25. The van der Waals surface area contributed by atoms with Gasteiger partial charge in [0.2, 0.25) is 0 Å². The monoisotopic (exact) mass is 170 g/mol. The molecule has 0 fully saturated rings. The van der Waals surface area contributed by atoms with Crippen LogP contribution in [0.15, 0.2) is 12.7 Å². The summed E-state index contributed by atoms with van der Waals surface area (Å²) in [4.78, 5) is 0. The van der Waals surface area contributed by atoms with Gasteiger partial charge in [0.1, 0.15) is 0 Å². The lowest BCUT2D eigenvalue weighted by Gasteiger charge is -2.29. The summed E-state index contributed by atoms with van der Waals surface area (Å²) in [6.07, 6.45) is 2.28. The Kier molecular flexibility index (Phi) is 5.23. The normalized spacial score (nSPS) is 14.3. The van der Waals surface area contributed by atoms with Gasteiger partial charge in [0.25, 0.3) is 0 Å². The lowest BCUT2D eigenvalue weighted by molar-refractivity contribution is 0.0557. The first kappa shape index (κ1) is 11.7. The van der Waals surface area contributed by atoms with Crippen molar-refractivity contribution < 1.29 is 5.11 Å². The SMILES string of the molecule is C=CCC(O)C(C(C)C)C(C)C. The topological polar surface area (TPSA) is 20.2 Å². The second-order valence-corrected chi connectivity index (χ2v) is 4.16. The number of hydrogen-bond donors (Lipinski definition) is 1. The maximum atomic E-state index is 9.78. The highest BCUT2D eigenvalue weighted by atomic mass is 16.3. The van der Waals surface area contributed by atoms with E-state index < -0.39 is 0 Å². The van der Waals surface area contributed by atoms with Crippen LogP contribution in [-0.4, -0.2) is 11.2 Å². The molecular weight excluding hydrogens is 148 g/mol. The van der Waals surface area contributed by atoms with Crippen LogP contribution >= 0.6 is 0 Å². The van der Waals surface area contributed by atoms with Crippen LogP contribution in [0.5, 0.6) is 0 Å². The molecule has 0 aliphatic heterocycles. The van der Waals surface area contributed by atoms with Crippen LogP contribution in [0, 0.1) is 17.8 Å². The van der Waals surface area contributed by atoms with Crippen molar-refractivity contribution in [2.24, 2.45) is 17.8 Å². The predicted octanol–water partition coefficient (Wildman–Crippen LogP) is 2.85. The van der Waals surface area contributed by atoms with E-state index in [1.807, 2.05) is 0 Å². The molecular formula is C11H22O. The Balaban J connectivity index is 4.18. The van der Waals surface area contributed by atoms with Gasteiger partial charge < -0.3 is 5.11 Å². The smallest absolute Gasteiger partial charge is 0.0607 e. The molecule has 1 heteroatoms. The van der Waals surface area contributed by atoms with Crippen molar-refractivity contribution in [1.82, 2.24) is 0 Å². The molecule has 0 radical (unpaired) electrons. The summed E-state index contributed by atoms with van der Waals surface area (Å²) in [6, 6.07) is 0. The van der Waals surface area contributed by atoms with Gasteiger partial charge in [0.05, 0.1) is 6.10 Å². The van der Waals surface area contributed by atoms with Crippen LogP contribution in [0.4, 0.5) is 0 Å². The van der Waals surface area contributed by atoms with E-state index in [-0.39, 0.29) is 6.10 Å². The van der Waals surface area contributed by atoms with Crippen molar-refractivity contribution in [3.05, 3.63) is 12.7 Å². The third-order valence-electron chi connectivity index (χ3n) is 2.39. The molecule has 0 aromatic heterocycles. The molecule has 1 atom stereocenters. The highest BCUT2D eigenvalue weighted by molar-refractivity contribution is 4.81. The Morgan fingerprint density at radius 1 is 1.17 bits per heavy atom. The van der Waals surface area contributed by atoms with E-state index in [2.05, 4.69) is 34.3 Å². The van der Waals surface area contributed by atoms with Crippen LogP contribution in [0.2, 0.25) is 0 Å². The first-order valence-corrected chi connectivity index (χ1v) is 4.79. The zero-order valence-corrected chi connectivity index (χ0v) is 8.75. The van der Waals surface area contributed by atoms with Crippen LogP contribution in [0.25, 0.3) is 0 Å². The fourth-order valence-electron chi connectivity index (χ4n) is 1.99. The quantitative estimate of drug-likeness (QED) is 0.629. The molecule has 12 heavy (non-hydrogen) atoms. The van der Waals surface area contributed by atoms with Crippen molar-refractivity contribution in [3.8, 4) is 0 Å². The fourth-order valence-corrected chi connectivity index (χ4v) is 1.99. The van der Waals surface area contributed by atoms with Gasteiger partial charge in [-0.25, -0.2) is 0 Å². The first-order chi connectivity index (χ1) is 5.50. The van der Waals surface area contributed by atoms with Crippen molar-refractivity contribution in [2.45, 2.75) is 40.2 Å². The molecule has 0 aliphatic carbocycles. The van der Waals surface area contributed by atoms with E-state index in [9.17, 15) is 5.11 Å². The van der Waals surface area contributed by atoms with Crippen molar-refractivity contribution in [3.63, 3.8) is 0 Å². The van der Waals surface area contributed by atoms with E-state index >= 15 is 0 Å². The molecule has 0 spiro atoms. The van der Waals surface area contributed by atoms with Gasteiger partial charge in [-0.15, -0.1) is 6.58 Å². The van der Waals surface area contributed by atoms with Gasteiger partial charge in [-0.2, -0.15) is 0 Å². The van der Waals surface area contributed by atoms with Gasteiger partial charge in [-0.1, -0.05) is 33.8 Å². The zero-order valence-electron chi connectivity index (χ0n) is 8.75. The maximum absolute atomic E-state index is 9.78. The van der Waals surface area contributed by atoms with Gasteiger partial charge in [-0.05, 0) is 24.2 Å². The van der Waals surface area contributed by atoms with Crippen LogP contribution in [0.3, 0.4) is 0 Å². The van der Waals surface area contributed by atoms with Gasteiger partial charge >= 0.3 is 0 Å². The number of aliphatic hydroxyl groups is 1. The van der Waals surface area contributed by atoms with Gasteiger partial charge in [-0.3, -0.25) is 0 Å². The highest BCUT2D eigenvalue weighted by Gasteiger charge is 2.24. The van der Waals surface area contributed by atoms with E-state index in [4.69, 9.17) is 0 Å². The molecule has 1 nitrogen and oxygen atoms in total. The number of rotatable bonds is 5. The lowest BCUT2D eigenvalue weighted by atomic mass is 9.80. The minimum atomic E-state index is -0.220. The molecule has 72 valence electrons. The molecule has 1 N–H and O–H groups in total. The molecule has 0 bridgehead atoms. The summed E-state index contributed by atoms with van der Waals surface area (Å²) < 4.78 is 0. The molecule has 1 unspecified atom stereocenters. The molecule has 0 heterocycles. The van der Waals surface area contributed by atoms with E-state index in [1.165, 1.54) is 0 Å². The molecule has 0 aromatic carbocycles. The molecule has 0 saturated carbocycles. The summed E-state index contributed by atoms with van der Waals surface area (Å²) >= 11 is 0. The Hall–Kier alpha value is -0.300. The molecule has 0 amide bonds. The average molecular weight is 170 g/mol. The Labute approximate surface area is 76.5 Å². The van der Waals surface area contributed by atoms with Crippen LogP contribution in [-0.2, 0) is 0 Å². The molecule has 0 rings (SSSR count). The molecule has 0 saturated heterocycles. The Morgan fingerprint density at radius 2 is 1.58 bits per heavy atom. The van der Waals surface area contributed by atoms with Crippen LogP contribution in [0.1, 0.15) is 34.1 Å². The summed E-state index contributed by atoms with van der Waals surface area (Å²) in [6.45, 7) is 12.3. The standard InChI is InChI=1S/C11H22O/c1-6-7-10(12)11(8(2)3)9(4)5/h6,8-12H,1,7H2,2-5H3. The van der Waals surface area contributed by atoms with Crippen LogP contribution < -0.4 is 0 Å². The van der Waals surface area contributed by atoms with Crippen molar-refractivity contribution >= 4 is 0 Å². The minimum Gasteiger partial charge on any atom is -0.392 e. The predicted molar refractivity (Wildman–Crippen MR) is 54.0 cm³/mol. The third-order valence-corrected chi connectivity index (χ3v) is 2.39. The average Bonchev–Trinajstić information content (AvgIpc) is 1.85. The van der Waals surface area contributed by atoms with E-state index in [1.54, 1.807) is 6.08 Å². The molecule has 0 aromatic rings. The lowest BCUT2D eigenvalue weighted by Crippen LogP contribution is -2.29. The Morgan fingerprint density at radius 3 is 1.83 bits per heavy atom. The van der Waals surface area contributed by atoms with E-state index in [0.29, 0.717) is 24.2 Å². The van der Waals surface area contributed by atoms with E-state index in [0.717, 1.165) is 0 Å². The second kappa shape index (κ2) is 5.36. The van der Waals surface area contributed by atoms with Gasteiger partial charge in [0.15, 0.2) is 0 Å². The number of hydrogen-bond acceptors (Lipinski definition) is 1. The largest absolute Gasteiger partial charge is 0.392 e. The summed E-state index contributed by atoms with van der Waals surface area (Å²) in [7, 11) is 0. The minimum absolute atomic E-state index is 0.220. The molecule has 0 aliphatic rings. The second-order valence-electron chi connectivity index (χ2n) is 4.16. The third kappa shape index (κ3) is 3.40. The van der Waals surface area contributed by atoms with Gasteiger partial charge in [0, 0.05) is 0 Å². The van der Waals surface area contributed by atoms with Crippen molar-refractivity contribution in [2.75, 3.05) is 0 Å². The maximum Gasteiger partial charge on any atom is 0.0607 e. The summed E-state index contributed by atoms with van der Waals surface area (Å²) in [5, 5.41) is 9.78. The Bertz CT molecular complexity index is 119. The number of aliphatic hydroxyl groups excluding tert-OH is 1. The summed E-state index contributed by atoms with van der Waals surface area (Å²) in [5.74, 6) is 1.47. The zero-order chi connectivity index (χ0) is 9.72. The first-order valence-electron chi connectivity index (χ1n) is 4.79. The van der Waals surface area contributed by atoms with Crippen molar-refractivity contribution in [1.29, 1.82) is 0 Å². The fraction of sp³-hybridized carbons (Fsp3) is 0.818.